The van der Waals surface area contributed by atoms with Gasteiger partial charge in [0, 0.05) is 12.4 Å². The molecule has 6 heteroatoms. The van der Waals surface area contributed by atoms with E-state index < -0.39 is 0 Å². The lowest BCUT2D eigenvalue weighted by atomic mass is 10.1. The minimum absolute atomic E-state index is 0.00641. The lowest BCUT2D eigenvalue weighted by Crippen LogP contribution is -2.31. The SMILES string of the molecule is COc1ccc(CC(=O)N(Cc2cccnc2)c2nc3ccccc3s2)cc1. The number of para-hydroxylation sites is 1. The molecule has 0 aliphatic carbocycles. The molecular weight excluding hydrogens is 370 g/mol. The molecular formula is C22H19N3O2S. The molecule has 28 heavy (non-hydrogen) atoms. The number of fused-ring (bicyclic) bond motifs is 1. The van der Waals surface area contributed by atoms with E-state index in [-0.39, 0.29) is 5.91 Å². The second-order valence-corrected chi connectivity index (χ2v) is 7.34. The van der Waals surface area contributed by atoms with Crippen molar-refractivity contribution in [3.8, 4) is 5.75 Å². The summed E-state index contributed by atoms with van der Waals surface area (Å²) in [6.45, 7) is 0.433. The summed E-state index contributed by atoms with van der Waals surface area (Å²) in [5, 5.41) is 0.698. The van der Waals surface area contributed by atoms with Crippen LogP contribution in [0, 0.1) is 0 Å². The minimum atomic E-state index is -0.00641. The molecule has 0 unspecified atom stereocenters. The van der Waals surface area contributed by atoms with E-state index in [0.29, 0.717) is 18.1 Å². The number of ether oxygens (including phenoxy) is 1. The Bertz CT molecular complexity index is 1040. The van der Waals surface area contributed by atoms with Gasteiger partial charge in [-0.15, -0.1) is 0 Å². The second kappa shape index (κ2) is 8.19. The van der Waals surface area contributed by atoms with Gasteiger partial charge >= 0.3 is 0 Å². The smallest absolute Gasteiger partial charge is 0.233 e. The van der Waals surface area contributed by atoms with Crippen molar-refractivity contribution < 1.29 is 9.53 Å². The first kappa shape index (κ1) is 18.1. The molecule has 0 fully saturated rings. The summed E-state index contributed by atoms with van der Waals surface area (Å²) in [4.78, 5) is 23.8. The van der Waals surface area contributed by atoms with Gasteiger partial charge in [-0.2, -0.15) is 0 Å². The van der Waals surface area contributed by atoms with Gasteiger partial charge < -0.3 is 4.74 Å². The van der Waals surface area contributed by atoms with Crippen molar-refractivity contribution in [1.29, 1.82) is 0 Å². The van der Waals surface area contributed by atoms with Crippen LogP contribution in [0.3, 0.4) is 0 Å². The van der Waals surface area contributed by atoms with Gasteiger partial charge in [-0.3, -0.25) is 14.7 Å². The third-order valence-electron chi connectivity index (χ3n) is 4.39. The molecule has 5 nitrogen and oxygen atoms in total. The van der Waals surface area contributed by atoms with Crippen molar-refractivity contribution >= 4 is 32.6 Å². The van der Waals surface area contributed by atoms with Crippen LogP contribution < -0.4 is 9.64 Å². The quantitative estimate of drug-likeness (QED) is 0.488. The summed E-state index contributed by atoms with van der Waals surface area (Å²) in [6.07, 6.45) is 3.80. The first-order valence-electron chi connectivity index (χ1n) is 8.91. The van der Waals surface area contributed by atoms with Gasteiger partial charge in [-0.1, -0.05) is 41.7 Å². The molecule has 0 aliphatic heterocycles. The number of amides is 1. The Kier molecular flexibility index (Phi) is 5.30. The third kappa shape index (κ3) is 4.02. The van der Waals surface area contributed by atoms with E-state index in [9.17, 15) is 4.79 Å². The van der Waals surface area contributed by atoms with E-state index in [0.717, 1.165) is 27.1 Å². The van der Waals surface area contributed by atoms with Crippen molar-refractivity contribution in [2.24, 2.45) is 0 Å². The molecule has 0 saturated carbocycles. The summed E-state index contributed by atoms with van der Waals surface area (Å²) in [5.74, 6) is 0.766. The highest BCUT2D eigenvalue weighted by Gasteiger charge is 2.20. The van der Waals surface area contributed by atoms with Crippen LogP contribution in [0.2, 0.25) is 0 Å². The number of benzene rings is 2. The Balaban J connectivity index is 1.64. The monoisotopic (exact) mass is 389 g/mol. The van der Waals surface area contributed by atoms with E-state index in [4.69, 9.17) is 4.74 Å². The zero-order chi connectivity index (χ0) is 19.3. The highest BCUT2D eigenvalue weighted by atomic mass is 32.1. The van der Waals surface area contributed by atoms with E-state index in [1.54, 1.807) is 24.4 Å². The number of carbonyl (C=O) groups is 1. The molecule has 0 radical (unpaired) electrons. The molecule has 0 bridgehead atoms. The maximum absolute atomic E-state index is 13.2. The van der Waals surface area contributed by atoms with Crippen LogP contribution in [0.15, 0.2) is 73.1 Å². The number of hydrogen-bond acceptors (Lipinski definition) is 5. The van der Waals surface area contributed by atoms with Gasteiger partial charge in [0.25, 0.3) is 0 Å². The highest BCUT2D eigenvalue weighted by molar-refractivity contribution is 7.22. The zero-order valence-electron chi connectivity index (χ0n) is 15.4. The van der Waals surface area contributed by atoms with Crippen molar-refractivity contribution in [2.45, 2.75) is 13.0 Å². The standard InChI is InChI=1S/C22H19N3O2S/c1-27-18-10-8-16(9-11-18)13-21(26)25(15-17-5-4-12-23-14-17)22-24-19-6-2-3-7-20(19)28-22/h2-12,14H,13,15H2,1H3. The maximum Gasteiger partial charge on any atom is 0.233 e. The number of nitrogens with zero attached hydrogens (tertiary/aromatic N) is 3. The molecule has 4 rings (SSSR count). The average molecular weight is 389 g/mol. The number of aromatic nitrogens is 2. The fourth-order valence-corrected chi connectivity index (χ4v) is 3.91. The van der Waals surface area contributed by atoms with Crippen LogP contribution in [-0.4, -0.2) is 23.0 Å². The fourth-order valence-electron chi connectivity index (χ4n) is 2.93. The van der Waals surface area contributed by atoms with Gasteiger partial charge in [0.2, 0.25) is 5.91 Å². The molecule has 2 heterocycles. The lowest BCUT2D eigenvalue weighted by Gasteiger charge is -2.20. The normalized spacial score (nSPS) is 10.8. The highest BCUT2D eigenvalue weighted by Crippen LogP contribution is 2.30. The van der Waals surface area contributed by atoms with Crippen LogP contribution in [0.25, 0.3) is 10.2 Å². The minimum Gasteiger partial charge on any atom is -0.497 e. The molecule has 1 amide bonds. The molecule has 0 saturated heterocycles. The van der Waals surface area contributed by atoms with Crippen molar-refractivity contribution in [2.75, 3.05) is 12.0 Å². The molecule has 0 atom stereocenters. The Labute approximate surface area is 167 Å². The van der Waals surface area contributed by atoms with E-state index >= 15 is 0 Å². The number of methoxy groups -OCH3 is 1. The predicted molar refractivity (Wildman–Crippen MR) is 112 cm³/mol. The number of rotatable bonds is 6. The Hall–Kier alpha value is -3.25. The number of thiazole rings is 1. The number of pyridine rings is 1. The molecule has 2 aromatic carbocycles. The second-order valence-electron chi connectivity index (χ2n) is 6.33. The predicted octanol–water partition coefficient (Wildman–Crippen LogP) is 4.48. The van der Waals surface area contributed by atoms with E-state index in [2.05, 4.69) is 9.97 Å². The Morgan fingerprint density at radius 1 is 1.04 bits per heavy atom. The van der Waals surface area contributed by atoms with Crippen LogP contribution in [0.5, 0.6) is 5.75 Å². The molecule has 0 spiro atoms. The van der Waals surface area contributed by atoms with Gasteiger partial charge in [0.15, 0.2) is 5.13 Å². The summed E-state index contributed by atoms with van der Waals surface area (Å²) < 4.78 is 6.25. The third-order valence-corrected chi connectivity index (χ3v) is 5.45. The number of carbonyl (C=O) groups excluding carboxylic acids is 1. The van der Waals surface area contributed by atoms with Crippen LogP contribution >= 0.6 is 11.3 Å². The van der Waals surface area contributed by atoms with Crippen LogP contribution in [0.4, 0.5) is 5.13 Å². The first-order valence-corrected chi connectivity index (χ1v) is 9.72. The van der Waals surface area contributed by atoms with E-state index in [1.165, 1.54) is 11.3 Å². The molecule has 140 valence electrons. The van der Waals surface area contributed by atoms with Gasteiger partial charge in [-0.25, -0.2) is 4.98 Å². The molecule has 0 N–H and O–H groups in total. The lowest BCUT2D eigenvalue weighted by molar-refractivity contribution is -0.118. The molecule has 0 aliphatic rings. The van der Waals surface area contributed by atoms with Crippen molar-refractivity contribution in [3.63, 3.8) is 0 Å². The number of anilines is 1. The van der Waals surface area contributed by atoms with Crippen LogP contribution in [0.1, 0.15) is 11.1 Å². The summed E-state index contributed by atoms with van der Waals surface area (Å²) >= 11 is 1.52. The van der Waals surface area contributed by atoms with Gasteiger partial charge in [0.1, 0.15) is 5.75 Å². The average Bonchev–Trinajstić information content (AvgIpc) is 3.17. The summed E-state index contributed by atoms with van der Waals surface area (Å²) in [5.41, 5.74) is 2.80. The summed E-state index contributed by atoms with van der Waals surface area (Å²) in [6, 6.07) is 19.3. The largest absolute Gasteiger partial charge is 0.497 e. The van der Waals surface area contributed by atoms with Crippen molar-refractivity contribution in [1.82, 2.24) is 9.97 Å². The Morgan fingerprint density at radius 3 is 2.57 bits per heavy atom. The van der Waals surface area contributed by atoms with E-state index in [1.807, 2.05) is 60.7 Å². The molecule has 4 aromatic rings. The van der Waals surface area contributed by atoms with Gasteiger partial charge in [-0.05, 0) is 41.5 Å². The van der Waals surface area contributed by atoms with Crippen molar-refractivity contribution in [3.05, 3.63) is 84.2 Å². The number of hydrogen-bond donors (Lipinski definition) is 0. The van der Waals surface area contributed by atoms with Crippen LogP contribution in [-0.2, 0) is 17.8 Å². The molecule has 2 aromatic heterocycles. The maximum atomic E-state index is 13.2. The Morgan fingerprint density at radius 2 is 1.86 bits per heavy atom. The fraction of sp³-hybridized carbons (Fsp3) is 0.136. The summed E-state index contributed by atoms with van der Waals surface area (Å²) in [7, 11) is 1.63. The van der Waals surface area contributed by atoms with Gasteiger partial charge in [0.05, 0.1) is 30.3 Å². The zero-order valence-corrected chi connectivity index (χ0v) is 16.2. The topological polar surface area (TPSA) is 55.3 Å². The first-order chi connectivity index (χ1) is 13.7.